The van der Waals surface area contributed by atoms with Gasteiger partial charge in [-0.05, 0) is 18.3 Å². The second kappa shape index (κ2) is 2.02. The molecule has 1 aliphatic heterocycles. The minimum Gasteiger partial charge on any atom is -0.329 e. The molecule has 0 saturated carbocycles. The fraction of sp³-hybridized carbons (Fsp3) is 0.143. The summed E-state index contributed by atoms with van der Waals surface area (Å²) in [5, 5.41) is 3.58. The van der Waals surface area contributed by atoms with E-state index in [2.05, 4.69) is 16.4 Å². The minimum atomic E-state index is 0.588. The van der Waals surface area contributed by atoms with Gasteiger partial charge in [0, 0.05) is 6.42 Å². The molecule has 10 heavy (non-hydrogen) atoms. The first-order valence-corrected chi connectivity index (χ1v) is 3.53. The first-order valence-electron chi connectivity index (χ1n) is 3.12. The number of hydrogen-bond donors (Lipinski definition) is 1. The van der Waals surface area contributed by atoms with Crippen molar-refractivity contribution in [2.75, 3.05) is 0 Å². The molecule has 2 rings (SSSR count). The normalized spacial score (nSPS) is 21.4. The van der Waals surface area contributed by atoms with Gasteiger partial charge in [-0.3, -0.25) is 0 Å². The Morgan fingerprint density at radius 1 is 1.60 bits per heavy atom. The molecule has 1 aliphatic carbocycles. The lowest BCUT2D eigenvalue weighted by molar-refractivity contribution is 1.24. The molecule has 2 aliphatic rings. The van der Waals surface area contributed by atoms with Gasteiger partial charge in [0.05, 0.1) is 11.4 Å². The molecule has 2 nitrogen and oxygen atoms in total. The first-order chi connectivity index (χ1) is 4.86. The van der Waals surface area contributed by atoms with Crippen molar-refractivity contribution in [3.8, 4) is 0 Å². The number of nitrogens with one attached hydrogen (secondary N) is 1. The number of thiocarbonyl (C=S) groups is 1. The van der Waals surface area contributed by atoms with Gasteiger partial charge < -0.3 is 5.32 Å². The molecule has 0 saturated heterocycles. The Kier molecular flexibility index (Phi) is 1.17. The zero-order valence-corrected chi connectivity index (χ0v) is 6.11. The van der Waals surface area contributed by atoms with Crippen molar-refractivity contribution in [1.29, 1.82) is 0 Å². The molecule has 0 spiro atoms. The number of rotatable bonds is 0. The minimum absolute atomic E-state index is 0.588. The van der Waals surface area contributed by atoms with Crippen LogP contribution in [0.25, 0.3) is 0 Å². The van der Waals surface area contributed by atoms with Gasteiger partial charge in [0.25, 0.3) is 0 Å². The number of nitrogens with zero attached hydrogens (tertiary/aromatic N) is 1. The van der Waals surface area contributed by atoms with E-state index in [0.717, 1.165) is 17.8 Å². The highest BCUT2D eigenvalue weighted by Crippen LogP contribution is 2.12. The molecule has 0 aromatic rings. The van der Waals surface area contributed by atoms with Gasteiger partial charge in [0.1, 0.15) is 0 Å². The van der Waals surface area contributed by atoms with Crippen LogP contribution in [-0.2, 0) is 0 Å². The van der Waals surface area contributed by atoms with Crippen LogP contribution >= 0.6 is 12.2 Å². The molecule has 1 heterocycles. The maximum Gasteiger partial charge on any atom is 0.197 e. The average molecular weight is 150 g/mol. The second-order valence-electron chi connectivity index (χ2n) is 2.20. The molecule has 0 aromatic carbocycles. The zero-order valence-electron chi connectivity index (χ0n) is 5.29. The largest absolute Gasteiger partial charge is 0.329 e. The summed E-state index contributed by atoms with van der Waals surface area (Å²) in [6, 6.07) is 0. The van der Waals surface area contributed by atoms with Gasteiger partial charge in [-0.15, -0.1) is 0 Å². The Morgan fingerprint density at radius 2 is 2.50 bits per heavy atom. The Morgan fingerprint density at radius 3 is 3.30 bits per heavy atom. The third-order valence-electron chi connectivity index (χ3n) is 1.50. The van der Waals surface area contributed by atoms with Gasteiger partial charge >= 0.3 is 0 Å². The lowest BCUT2D eigenvalue weighted by Gasteiger charge is -2.02. The van der Waals surface area contributed by atoms with Crippen molar-refractivity contribution in [2.45, 2.75) is 6.42 Å². The lowest BCUT2D eigenvalue weighted by atomic mass is 10.1. The van der Waals surface area contributed by atoms with Crippen LogP contribution in [0, 0.1) is 0 Å². The topological polar surface area (TPSA) is 24.4 Å². The molecule has 1 N–H and O–H groups in total. The van der Waals surface area contributed by atoms with Crippen molar-refractivity contribution in [1.82, 2.24) is 5.32 Å². The molecule has 0 fully saturated rings. The van der Waals surface area contributed by atoms with Gasteiger partial charge in [-0.25, -0.2) is 4.99 Å². The van der Waals surface area contributed by atoms with Gasteiger partial charge in [0.2, 0.25) is 0 Å². The van der Waals surface area contributed by atoms with Gasteiger partial charge in [-0.1, -0.05) is 12.2 Å². The van der Waals surface area contributed by atoms with E-state index in [4.69, 9.17) is 12.2 Å². The molecule has 0 atom stereocenters. The summed E-state index contributed by atoms with van der Waals surface area (Å²) in [6.45, 7) is 0. The molecular formula is C7H6N2S. The van der Waals surface area contributed by atoms with Crippen molar-refractivity contribution >= 4 is 23.0 Å². The molecule has 0 radical (unpaired) electrons. The van der Waals surface area contributed by atoms with E-state index in [9.17, 15) is 0 Å². The van der Waals surface area contributed by atoms with E-state index in [-0.39, 0.29) is 0 Å². The summed E-state index contributed by atoms with van der Waals surface area (Å²) in [7, 11) is 0. The third-order valence-corrected chi connectivity index (χ3v) is 1.69. The fourth-order valence-corrected chi connectivity index (χ4v) is 1.26. The number of hydrogen-bond acceptors (Lipinski definition) is 1. The van der Waals surface area contributed by atoms with Crippen molar-refractivity contribution < 1.29 is 0 Å². The Hall–Kier alpha value is -0.960. The summed E-state index contributed by atoms with van der Waals surface area (Å²) in [5.74, 6) is 0. The lowest BCUT2D eigenvalue weighted by Crippen LogP contribution is -2.14. The predicted molar refractivity (Wildman–Crippen MR) is 45.0 cm³/mol. The molecule has 3 heteroatoms. The smallest absolute Gasteiger partial charge is 0.197 e. The standard InChI is InChI=1S/C7H6N2S/c10-7-8-5-3-1-2-4-6(5)9-7/h1-3H,4H2,(H,8,10). The Bertz CT molecular complexity index is 273. The third kappa shape index (κ3) is 0.789. The Balaban J connectivity index is 2.41. The molecule has 0 bridgehead atoms. The fourth-order valence-electron chi connectivity index (χ4n) is 1.04. The van der Waals surface area contributed by atoms with Crippen LogP contribution in [0.15, 0.2) is 28.9 Å². The van der Waals surface area contributed by atoms with Crippen LogP contribution in [0.4, 0.5) is 0 Å². The monoisotopic (exact) mass is 150 g/mol. The molecule has 0 aromatic heterocycles. The predicted octanol–water partition coefficient (Wildman–Crippen LogP) is 1.16. The number of aliphatic imine (C=N–C) groups is 1. The molecule has 0 amide bonds. The van der Waals surface area contributed by atoms with Crippen molar-refractivity contribution in [2.24, 2.45) is 4.99 Å². The highest BCUT2D eigenvalue weighted by molar-refractivity contribution is 7.80. The highest BCUT2D eigenvalue weighted by atomic mass is 32.1. The van der Waals surface area contributed by atoms with E-state index in [1.165, 1.54) is 0 Å². The van der Waals surface area contributed by atoms with E-state index in [1.807, 2.05) is 12.2 Å². The summed E-state index contributed by atoms with van der Waals surface area (Å²) < 4.78 is 0. The summed E-state index contributed by atoms with van der Waals surface area (Å²) in [5.41, 5.74) is 2.13. The summed E-state index contributed by atoms with van der Waals surface area (Å²) in [6.07, 6.45) is 6.97. The van der Waals surface area contributed by atoms with E-state index in [1.54, 1.807) is 0 Å². The zero-order chi connectivity index (χ0) is 6.97. The molecule has 50 valence electrons. The van der Waals surface area contributed by atoms with E-state index in [0.29, 0.717) is 5.11 Å². The van der Waals surface area contributed by atoms with Crippen LogP contribution in [-0.4, -0.2) is 10.8 Å². The summed E-state index contributed by atoms with van der Waals surface area (Å²) >= 11 is 4.87. The summed E-state index contributed by atoms with van der Waals surface area (Å²) in [4.78, 5) is 4.13. The van der Waals surface area contributed by atoms with Crippen molar-refractivity contribution in [3.05, 3.63) is 23.9 Å². The SMILES string of the molecule is S=C1N=C2CC=CC=C2N1. The van der Waals surface area contributed by atoms with Gasteiger partial charge in [-0.2, -0.15) is 0 Å². The van der Waals surface area contributed by atoms with Crippen LogP contribution in [0.5, 0.6) is 0 Å². The van der Waals surface area contributed by atoms with Crippen LogP contribution < -0.4 is 5.32 Å². The van der Waals surface area contributed by atoms with Gasteiger partial charge in [0.15, 0.2) is 5.11 Å². The maximum absolute atomic E-state index is 4.87. The molecule has 0 unspecified atom stereocenters. The number of allylic oxidation sites excluding steroid dienone is 4. The maximum atomic E-state index is 4.87. The van der Waals surface area contributed by atoms with Crippen LogP contribution in [0.1, 0.15) is 6.42 Å². The Labute approximate surface area is 64.3 Å². The number of fused-ring (bicyclic) bond motifs is 1. The first kappa shape index (κ1) is 5.80. The highest BCUT2D eigenvalue weighted by Gasteiger charge is 2.15. The second-order valence-corrected chi connectivity index (χ2v) is 2.59. The van der Waals surface area contributed by atoms with E-state index < -0.39 is 0 Å². The van der Waals surface area contributed by atoms with Crippen molar-refractivity contribution in [3.63, 3.8) is 0 Å². The molecular weight excluding hydrogens is 144 g/mol. The average Bonchev–Trinajstić information content (AvgIpc) is 2.27. The quantitative estimate of drug-likeness (QED) is 0.524. The van der Waals surface area contributed by atoms with Crippen LogP contribution in [0.2, 0.25) is 0 Å². The van der Waals surface area contributed by atoms with Crippen LogP contribution in [0.3, 0.4) is 0 Å². The van der Waals surface area contributed by atoms with E-state index >= 15 is 0 Å².